The Hall–Kier alpha value is -0.940. The van der Waals surface area contributed by atoms with Crippen LogP contribution in [-0.4, -0.2) is 44.2 Å². The van der Waals surface area contributed by atoms with Crippen LogP contribution in [0.5, 0.6) is 0 Å². The molecule has 0 spiro atoms. The second-order valence-corrected chi connectivity index (χ2v) is 4.48. The van der Waals surface area contributed by atoms with E-state index in [1.807, 2.05) is 17.9 Å². The van der Waals surface area contributed by atoms with Gasteiger partial charge in [-0.15, -0.1) is 5.10 Å². The van der Waals surface area contributed by atoms with Crippen molar-refractivity contribution in [1.82, 2.24) is 19.9 Å². The lowest BCUT2D eigenvalue weighted by molar-refractivity contribution is 0.206. The van der Waals surface area contributed by atoms with Gasteiger partial charge in [-0.1, -0.05) is 5.21 Å². The molecule has 16 heavy (non-hydrogen) atoms. The van der Waals surface area contributed by atoms with E-state index in [1.165, 1.54) is 12.8 Å². The molecule has 1 aromatic heterocycles. The normalized spacial score (nSPS) is 21.8. The van der Waals surface area contributed by atoms with Crippen molar-refractivity contribution in [2.24, 2.45) is 7.05 Å². The Kier molecular flexibility index (Phi) is 3.90. The van der Waals surface area contributed by atoms with Crippen LogP contribution >= 0.6 is 0 Å². The van der Waals surface area contributed by atoms with E-state index in [2.05, 4.69) is 15.2 Å². The molecule has 0 amide bonds. The molecule has 90 valence electrons. The molecule has 0 saturated carbocycles. The highest BCUT2D eigenvalue weighted by atomic mass is 16.2. The third-order valence-electron chi connectivity index (χ3n) is 3.37. The van der Waals surface area contributed by atoms with Gasteiger partial charge >= 0.3 is 0 Å². The summed E-state index contributed by atoms with van der Waals surface area (Å²) in [6.45, 7) is 2.39. The van der Waals surface area contributed by atoms with Crippen LogP contribution in [0.2, 0.25) is 0 Å². The van der Waals surface area contributed by atoms with Crippen molar-refractivity contribution in [2.45, 2.75) is 38.3 Å². The largest absolute Gasteiger partial charge is 0.396 e. The first-order valence-electron chi connectivity index (χ1n) is 5.99. The lowest BCUT2D eigenvalue weighted by Gasteiger charge is -2.23. The summed E-state index contributed by atoms with van der Waals surface area (Å²) in [6.07, 6.45) is 6.36. The zero-order valence-corrected chi connectivity index (χ0v) is 9.84. The van der Waals surface area contributed by atoms with Crippen LogP contribution in [0.15, 0.2) is 6.20 Å². The van der Waals surface area contributed by atoms with E-state index in [1.54, 1.807) is 0 Å². The van der Waals surface area contributed by atoms with Crippen LogP contribution in [0.4, 0.5) is 0 Å². The summed E-state index contributed by atoms with van der Waals surface area (Å²) in [5.74, 6) is 0. The molecular formula is C11H20N4O. The molecule has 1 atom stereocenters. The number of aliphatic hydroxyl groups is 1. The third-order valence-corrected chi connectivity index (χ3v) is 3.37. The van der Waals surface area contributed by atoms with Gasteiger partial charge in [-0.3, -0.25) is 9.58 Å². The first-order chi connectivity index (χ1) is 7.81. The minimum atomic E-state index is 0.303. The molecule has 1 aliphatic rings. The fourth-order valence-corrected chi connectivity index (χ4v) is 2.42. The van der Waals surface area contributed by atoms with Gasteiger partial charge in [0.1, 0.15) is 0 Å². The van der Waals surface area contributed by atoms with Crippen LogP contribution in [-0.2, 0) is 13.6 Å². The van der Waals surface area contributed by atoms with Gasteiger partial charge in [-0.2, -0.15) is 0 Å². The van der Waals surface area contributed by atoms with E-state index in [0.29, 0.717) is 12.6 Å². The van der Waals surface area contributed by atoms with Crippen LogP contribution < -0.4 is 0 Å². The van der Waals surface area contributed by atoms with Crippen LogP contribution in [0.25, 0.3) is 0 Å². The third kappa shape index (κ3) is 2.59. The SMILES string of the molecule is Cn1nncc1CN1CCCC1CCCO. The Morgan fingerprint density at radius 2 is 2.44 bits per heavy atom. The summed E-state index contributed by atoms with van der Waals surface area (Å²) in [5.41, 5.74) is 1.16. The van der Waals surface area contributed by atoms with Gasteiger partial charge in [0.05, 0.1) is 11.9 Å². The van der Waals surface area contributed by atoms with Crippen molar-refractivity contribution in [3.8, 4) is 0 Å². The van der Waals surface area contributed by atoms with E-state index < -0.39 is 0 Å². The fraction of sp³-hybridized carbons (Fsp3) is 0.818. The average Bonchev–Trinajstić information content (AvgIpc) is 2.87. The quantitative estimate of drug-likeness (QED) is 0.793. The number of hydrogen-bond donors (Lipinski definition) is 1. The number of likely N-dealkylation sites (tertiary alicyclic amines) is 1. The maximum absolute atomic E-state index is 8.87. The zero-order valence-electron chi connectivity index (χ0n) is 9.84. The van der Waals surface area contributed by atoms with Gasteiger partial charge in [0.2, 0.25) is 0 Å². The molecule has 1 N–H and O–H groups in total. The van der Waals surface area contributed by atoms with E-state index >= 15 is 0 Å². The molecule has 1 aliphatic heterocycles. The molecule has 2 heterocycles. The standard InChI is InChI=1S/C11H20N4O/c1-14-11(8-12-13-14)9-15-6-2-4-10(15)5-3-7-16/h8,10,16H,2-7,9H2,1H3. The van der Waals surface area contributed by atoms with Gasteiger partial charge in [-0.25, -0.2) is 0 Å². The number of nitrogens with zero attached hydrogens (tertiary/aromatic N) is 4. The number of rotatable bonds is 5. The molecule has 0 radical (unpaired) electrons. The maximum atomic E-state index is 8.87. The summed E-state index contributed by atoms with van der Waals surface area (Å²) in [6, 6.07) is 0.627. The van der Waals surface area contributed by atoms with E-state index in [9.17, 15) is 0 Å². The lowest BCUT2D eigenvalue weighted by atomic mass is 10.1. The smallest absolute Gasteiger partial charge is 0.0738 e. The molecule has 0 aliphatic carbocycles. The molecule has 1 saturated heterocycles. The van der Waals surface area contributed by atoms with Crippen molar-refractivity contribution >= 4 is 0 Å². The Labute approximate surface area is 96.1 Å². The van der Waals surface area contributed by atoms with E-state index in [0.717, 1.165) is 31.6 Å². The molecule has 2 rings (SSSR count). The van der Waals surface area contributed by atoms with Gasteiger partial charge in [-0.05, 0) is 32.2 Å². The van der Waals surface area contributed by atoms with Crippen LogP contribution in [0.3, 0.4) is 0 Å². The number of aliphatic hydroxyl groups excluding tert-OH is 1. The van der Waals surface area contributed by atoms with Crippen molar-refractivity contribution < 1.29 is 5.11 Å². The zero-order chi connectivity index (χ0) is 11.4. The Morgan fingerprint density at radius 3 is 3.12 bits per heavy atom. The molecule has 1 aromatic rings. The summed E-state index contributed by atoms with van der Waals surface area (Å²) < 4.78 is 1.83. The van der Waals surface area contributed by atoms with Crippen molar-refractivity contribution in [2.75, 3.05) is 13.2 Å². The Bertz CT molecular complexity index is 326. The maximum Gasteiger partial charge on any atom is 0.0738 e. The van der Waals surface area contributed by atoms with Gasteiger partial charge in [0.25, 0.3) is 0 Å². The fourth-order valence-electron chi connectivity index (χ4n) is 2.42. The summed E-state index contributed by atoms with van der Waals surface area (Å²) in [4.78, 5) is 2.48. The summed E-state index contributed by atoms with van der Waals surface area (Å²) >= 11 is 0. The monoisotopic (exact) mass is 224 g/mol. The average molecular weight is 224 g/mol. The first-order valence-corrected chi connectivity index (χ1v) is 5.99. The summed E-state index contributed by atoms with van der Waals surface area (Å²) in [7, 11) is 1.93. The molecule has 5 heteroatoms. The lowest BCUT2D eigenvalue weighted by Crippen LogP contribution is -2.29. The van der Waals surface area contributed by atoms with Crippen molar-refractivity contribution in [3.63, 3.8) is 0 Å². The minimum absolute atomic E-state index is 0.303. The van der Waals surface area contributed by atoms with Crippen molar-refractivity contribution in [1.29, 1.82) is 0 Å². The van der Waals surface area contributed by atoms with Crippen LogP contribution in [0, 0.1) is 0 Å². The Balaban J connectivity index is 1.91. The summed E-state index contributed by atoms with van der Waals surface area (Å²) in [5, 5.41) is 16.7. The molecular weight excluding hydrogens is 204 g/mol. The highest BCUT2D eigenvalue weighted by Crippen LogP contribution is 2.22. The second kappa shape index (κ2) is 5.41. The first kappa shape index (κ1) is 11.5. The van der Waals surface area contributed by atoms with Crippen LogP contribution in [0.1, 0.15) is 31.4 Å². The molecule has 1 fully saturated rings. The van der Waals surface area contributed by atoms with Crippen molar-refractivity contribution in [3.05, 3.63) is 11.9 Å². The van der Waals surface area contributed by atoms with Gasteiger partial charge < -0.3 is 5.11 Å². The van der Waals surface area contributed by atoms with E-state index in [-0.39, 0.29) is 0 Å². The Morgan fingerprint density at radius 1 is 1.56 bits per heavy atom. The molecule has 1 unspecified atom stereocenters. The molecule has 5 nitrogen and oxygen atoms in total. The highest BCUT2D eigenvalue weighted by Gasteiger charge is 2.24. The second-order valence-electron chi connectivity index (χ2n) is 4.48. The number of aromatic nitrogens is 3. The molecule has 0 bridgehead atoms. The number of aryl methyl sites for hydroxylation is 1. The molecule has 0 aromatic carbocycles. The predicted octanol–water partition coefficient (Wildman–Crippen LogP) is 0.552. The highest BCUT2D eigenvalue weighted by molar-refractivity contribution is 4.95. The minimum Gasteiger partial charge on any atom is -0.396 e. The van der Waals surface area contributed by atoms with Gasteiger partial charge in [0.15, 0.2) is 0 Å². The van der Waals surface area contributed by atoms with E-state index in [4.69, 9.17) is 5.11 Å². The topological polar surface area (TPSA) is 54.2 Å². The predicted molar refractivity (Wildman–Crippen MR) is 60.8 cm³/mol. The number of hydrogen-bond acceptors (Lipinski definition) is 4. The van der Waals surface area contributed by atoms with Gasteiger partial charge in [0, 0.05) is 26.2 Å².